The zero-order valence-electron chi connectivity index (χ0n) is 8.60. The van der Waals surface area contributed by atoms with Gasteiger partial charge in [-0.1, -0.05) is 6.92 Å². The molecule has 1 atom stereocenters. The van der Waals surface area contributed by atoms with Gasteiger partial charge in [0.1, 0.15) is 0 Å². The van der Waals surface area contributed by atoms with E-state index in [1.807, 2.05) is 6.26 Å². The molecule has 0 saturated heterocycles. The van der Waals surface area contributed by atoms with Gasteiger partial charge >= 0.3 is 5.97 Å². The molecule has 0 aliphatic rings. The molecule has 0 saturated carbocycles. The molecular weight excluding hydrogens is 214 g/mol. The monoisotopic (exact) mass is 227 g/mol. The van der Waals surface area contributed by atoms with Crippen molar-refractivity contribution >= 4 is 23.5 Å². The number of hydrogen-bond donors (Lipinski definition) is 2. The number of thioether (sulfide) groups is 1. The van der Waals surface area contributed by atoms with Gasteiger partial charge in [0.25, 0.3) is 0 Å². The third-order valence-corrected chi connectivity index (χ3v) is 2.83. The van der Waals surface area contributed by atoms with Crippen LogP contribution in [0.3, 0.4) is 0 Å². The third kappa shape index (κ3) is 3.39. The quantitative estimate of drug-likeness (QED) is 0.790. The van der Waals surface area contributed by atoms with Crippen molar-refractivity contribution in [1.29, 1.82) is 0 Å². The van der Waals surface area contributed by atoms with Gasteiger partial charge < -0.3 is 10.4 Å². The number of carbonyl (C=O) groups is 1. The van der Waals surface area contributed by atoms with Crippen molar-refractivity contribution in [3.63, 3.8) is 0 Å². The van der Waals surface area contributed by atoms with Gasteiger partial charge in [0.15, 0.2) is 11.5 Å². The summed E-state index contributed by atoms with van der Waals surface area (Å²) in [6.07, 6.45) is 4.84. The summed E-state index contributed by atoms with van der Waals surface area (Å²) in [6.45, 7) is 2.72. The first-order valence-corrected chi connectivity index (χ1v) is 5.75. The van der Waals surface area contributed by atoms with E-state index in [0.29, 0.717) is 17.6 Å². The zero-order valence-corrected chi connectivity index (χ0v) is 9.41. The number of nitrogens with zero attached hydrogens (tertiary/aromatic N) is 2. The van der Waals surface area contributed by atoms with Gasteiger partial charge in [-0.05, 0) is 6.26 Å². The minimum atomic E-state index is -1.07. The van der Waals surface area contributed by atoms with Crippen molar-refractivity contribution in [1.82, 2.24) is 9.97 Å². The first-order valence-electron chi connectivity index (χ1n) is 4.46. The Bertz CT molecular complexity index is 346. The Morgan fingerprint density at radius 1 is 1.60 bits per heavy atom. The molecule has 1 aromatic heterocycles. The Labute approximate surface area is 92.3 Å². The third-order valence-electron chi connectivity index (χ3n) is 1.86. The summed E-state index contributed by atoms with van der Waals surface area (Å²) in [5.41, 5.74) is -0.0363. The van der Waals surface area contributed by atoms with E-state index in [0.717, 1.165) is 0 Å². The molecule has 0 bridgehead atoms. The van der Waals surface area contributed by atoms with Gasteiger partial charge in [-0.2, -0.15) is 11.8 Å². The summed E-state index contributed by atoms with van der Waals surface area (Å²) in [6, 6.07) is 0. The number of anilines is 1. The van der Waals surface area contributed by atoms with Gasteiger partial charge in [-0.15, -0.1) is 0 Å². The summed E-state index contributed by atoms with van der Waals surface area (Å²) in [5, 5.41) is 12.2. The first-order chi connectivity index (χ1) is 7.15. The van der Waals surface area contributed by atoms with Crippen molar-refractivity contribution in [3.05, 3.63) is 18.1 Å². The van der Waals surface area contributed by atoms with Crippen LogP contribution >= 0.6 is 11.8 Å². The minimum Gasteiger partial charge on any atom is -0.476 e. The van der Waals surface area contributed by atoms with Crippen molar-refractivity contribution in [3.8, 4) is 0 Å². The van der Waals surface area contributed by atoms with E-state index in [9.17, 15) is 4.79 Å². The molecule has 1 rings (SSSR count). The molecule has 1 heterocycles. The number of carboxylic acid groups (broad SMARTS) is 1. The van der Waals surface area contributed by atoms with E-state index in [-0.39, 0.29) is 5.69 Å². The SMILES string of the molecule is CSC(C)CNc1nccnc1C(=O)O. The van der Waals surface area contributed by atoms with Crippen molar-refractivity contribution in [2.75, 3.05) is 18.1 Å². The average Bonchev–Trinajstić information content (AvgIpc) is 2.26. The van der Waals surface area contributed by atoms with E-state index >= 15 is 0 Å². The van der Waals surface area contributed by atoms with Gasteiger partial charge in [0.2, 0.25) is 0 Å². The van der Waals surface area contributed by atoms with Crippen molar-refractivity contribution < 1.29 is 9.90 Å². The molecule has 0 radical (unpaired) electrons. The van der Waals surface area contributed by atoms with E-state index < -0.39 is 5.97 Å². The summed E-state index contributed by atoms with van der Waals surface area (Å²) in [4.78, 5) is 18.5. The summed E-state index contributed by atoms with van der Waals surface area (Å²) >= 11 is 1.70. The molecule has 1 unspecified atom stereocenters. The number of nitrogens with one attached hydrogen (secondary N) is 1. The fourth-order valence-corrected chi connectivity index (χ4v) is 1.20. The smallest absolute Gasteiger partial charge is 0.358 e. The Kier molecular flexibility index (Phi) is 4.36. The molecule has 0 fully saturated rings. The Balaban J connectivity index is 2.72. The number of rotatable bonds is 5. The predicted molar refractivity (Wildman–Crippen MR) is 60.5 cm³/mol. The normalized spacial score (nSPS) is 12.1. The molecule has 5 nitrogen and oxygen atoms in total. The largest absolute Gasteiger partial charge is 0.476 e. The summed E-state index contributed by atoms with van der Waals surface area (Å²) < 4.78 is 0. The lowest BCUT2D eigenvalue weighted by atomic mass is 10.4. The maximum absolute atomic E-state index is 10.8. The number of aromatic nitrogens is 2. The highest BCUT2D eigenvalue weighted by Crippen LogP contribution is 2.10. The highest BCUT2D eigenvalue weighted by Gasteiger charge is 2.12. The topological polar surface area (TPSA) is 75.1 Å². The number of aromatic carboxylic acids is 1. The van der Waals surface area contributed by atoms with Crippen LogP contribution in [-0.4, -0.2) is 39.1 Å². The molecule has 0 aliphatic heterocycles. The Morgan fingerprint density at radius 3 is 2.87 bits per heavy atom. The van der Waals surface area contributed by atoms with Crippen LogP contribution in [0.1, 0.15) is 17.4 Å². The van der Waals surface area contributed by atoms with Crippen LogP contribution in [-0.2, 0) is 0 Å². The average molecular weight is 227 g/mol. The van der Waals surface area contributed by atoms with Gasteiger partial charge in [-0.25, -0.2) is 14.8 Å². The molecule has 6 heteroatoms. The second-order valence-electron chi connectivity index (χ2n) is 2.99. The van der Waals surface area contributed by atoms with Crippen LogP contribution in [0.4, 0.5) is 5.82 Å². The summed E-state index contributed by atoms with van der Waals surface area (Å²) in [5.74, 6) is -0.742. The molecular formula is C9H13N3O2S. The number of carboxylic acids is 1. The van der Waals surface area contributed by atoms with Gasteiger partial charge in [-0.3, -0.25) is 0 Å². The molecule has 1 aromatic rings. The van der Waals surface area contributed by atoms with Crippen LogP contribution in [0.5, 0.6) is 0 Å². The molecule has 0 amide bonds. The predicted octanol–water partition coefficient (Wildman–Crippen LogP) is 1.34. The maximum Gasteiger partial charge on any atom is 0.358 e. The second-order valence-corrected chi connectivity index (χ2v) is 4.26. The van der Waals surface area contributed by atoms with Crippen LogP contribution < -0.4 is 5.32 Å². The van der Waals surface area contributed by atoms with Crippen LogP contribution in [0, 0.1) is 0 Å². The van der Waals surface area contributed by atoms with Crippen LogP contribution in [0.25, 0.3) is 0 Å². The molecule has 82 valence electrons. The first kappa shape index (κ1) is 11.8. The lowest BCUT2D eigenvalue weighted by Crippen LogP contribution is -2.16. The fraction of sp³-hybridized carbons (Fsp3) is 0.444. The Morgan fingerprint density at radius 2 is 2.27 bits per heavy atom. The molecule has 0 aromatic carbocycles. The van der Waals surface area contributed by atoms with E-state index in [1.54, 1.807) is 11.8 Å². The zero-order chi connectivity index (χ0) is 11.3. The maximum atomic E-state index is 10.8. The van der Waals surface area contributed by atoms with Crippen LogP contribution in [0.15, 0.2) is 12.4 Å². The van der Waals surface area contributed by atoms with Crippen LogP contribution in [0.2, 0.25) is 0 Å². The number of hydrogen-bond acceptors (Lipinski definition) is 5. The molecule has 0 spiro atoms. The van der Waals surface area contributed by atoms with Crippen molar-refractivity contribution in [2.45, 2.75) is 12.2 Å². The Hall–Kier alpha value is -1.30. The summed E-state index contributed by atoms with van der Waals surface area (Å²) in [7, 11) is 0. The lowest BCUT2D eigenvalue weighted by molar-refractivity contribution is 0.0691. The molecule has 0 aliphatic carbocycles. The highest BCUT2D eigenvalue weighted by atomic mass is 32.2. The standard InChI is InChI=1S/C9H13N3O2S/c1-6(15-2)5-12-8-7(9(13)14)10-3-4-11-8/h3-4,6H,5H2,1-2H3,(H,11,12)(H,13,14). The van der Waals surface area contributed by atoms with Gasteiger partial charge in [0.05, 0.1) is 0 Å². The van der Waals surface area contributed by atoms with E-state index in [1.165, 1.54) is 12.4 Å². The minimum absolute atomic E-state index is 0.0363. The molecule has 15 heavy (non-hydrogen) atoms. The highest BCUT2D eigenvalue weighted by molar-refractivity contribution is 7.99. The van der Waals surface area contributed by atoms with E-state index in [4.69, 9.17) is 5.11 Å². The van der Waals surface area contributed by atoms with E-state index in [2.05, 4.69) is 22.2 Å². The van der Waals surface area contributed by atoms with Crippen molar-refractivity contribution in [2.24, 2.45) is 0 Å². The van der Waals surface area contributed by atoms with Gasteiger partial charge in [0, 0.05) is 24.2 Å². The molecule has 2 N–H and O–H groups in total. The second kappa shape index (κ2) is 5.55. The fourth-order valence-electron chi connectivity index (χ4n) is 0.948. The lowest BCUT2D eigenvalue weighted by Gasteiger charge is -2.11.